The summed E-state index contributed by atoms with van der Waals surface area (Å²) >= 11 is 0. The zero-order valence-corrected chi connectivity index (χ0v) is 18.9. The first-order valence-corrected chi connectivity index (χ1v) is 11.9. The summed E-state index contributed by atoms with van der Waals surface area (Å²) in [4.78, 5) is 17.9. The van der Waals surface area contributed by atoms with Gasteiger partial charge < -0.3 is 15.2 Å². The van der Waals surface area contributed by atoms with Crippen molar-refractivity contribution < 1.29 is 8.42 Å². The van der Waals surface area contributed by atoms with Crippen LogP contribution < -0.4 is 15.8 Å². The van der Waals surface area contributed by atoms with Crippen LogP contribution in [0.25, 0.3) is 16.6 Å². The van der Waals surface area contributed by atoms with E-state index in [-0.39, 0.29) is 21.1 Å². The van der Waals surface area contributed by atoms with Gasteiger partial charge in [-0.3, -0.25) is 4.79 Å². The molecule has 1 atom stereocenters. The number of rotatable bonds is 4. The molecule has 1 fully saturated rings. The first-order chi connectivity index (χ1) is 15.3. The first kappa shape index (κ1) is 20.7. The van der Waals surface area contributed by atoms with Crippen molar-refractivity contribution >= 4 is 32.1 Å². The number of hydrogen-bond donors (Lipinski definition) is 2. The molecular formula is C22H24N6O3S. The Morgan fingerprint density at radius 3 is 2.69 bits per heavy atom. The Bertz CT molecular complexity index is 1520. The average Bonchev–Trinajstić information content (AvgIpc) is 3.41. The van der Waals surface area contributed by atoms with Gasteiger partial charge in [-0.1, -0.05) is 22.9 Å². The summed E-state index contributed by atoms with van der Waals surface area (Å²) in [6, 6.07) is 11.0. The molecule has 0 bridgehead atoms. The third-order valence-corrected chi connectivity index (χ3v) is 7.98. The van der Waals surface area contributed by atoms with Crippen LogP contribution in [0.5, 0.6) is 0 Å². The molecular weight excluding hydrogens is 428 g/mol. The molecule has 0 spiro atoms. The molecule has 0 amide bonds. The van der Waals surface area contributed by atoms with Gasteiger partial charge in [0.15, 0.2) is 5.65 Å². The van der Waals surface area contributed by atoms with Crippen molar-refractivity contribution in [2.45, 2.75) is 36.2 Å². The van der Waals surface area contributed by atoms with Crippen LogP contribution in [0.15, 0.2) is 51.1 Å². The number of benzene rings is 2. The molecule has 1 unspecified atom stereocenters. The average molecular weight is 453 g/mol. The number of nitrogens with zero attached hydrogens (tertiary/aromatic N) is 4. The van der Waals surface area contributed by atoms with Crippen molar-refractivity contribution in [2.24, 2.45) is 0 Å². The van der Waals surface area contributed by atoms with E-state index in [9.17, 15) is 13.2 Å². The molecule has 2 aromatic heterocycles. The van der Waals surface area contributed by atoms with Crippen LogP contribution in [0.4, 0.5) is 5.69 Å². The van der Waals surface area contributed by atoms with Gasteiger partial charge in [-0.15, -0.1) is 5.10 Å². The van der Waals surface area contributed by atoms with Gasteiger partial charge in [-0.25, -0.2) is 8.42 Å². The van der Waals surface area contributed by atoms with Gasteiger partial charge in [-0.2, -0.15) is 4.52 Å². The van der Waals surface area contributed by atoms with E-state index in [2.05, 4.69) is 25.5 Å². The predicted molar refractivity (Wildman–Crippen MR) is 122 cm³/mol. The second kappa shape index (κ2) is 7.42. The van der Waals surface area contributed by atoms with Crippen LogP contribution in [0, 0.1) is 13.8 Å². The van der Waals surface area contributed by atoms with Crippen molar-refractivity contribution in [3.63, 3.8) is 0 Å². The van der Waals surface area contributed by atoms with Crippen LogP contribution in [-0.4, -0.2) is 54.4 Å². The summed E-state index contributed by atoms with van der Waals surface area (Å²) in [5, 5.41) is 11.5. The molecule has 1 aliphatic rings. The highest BCUT2D eigenvalue weighted by molar-refractivity contribution is 7.91. The Kier molecular flexibility index (Phi) is 4.79. The lowest BCUT2D eigenvalue weighted by Crippen LogP contribution is -2.29. The summed E-state index contributed by atoms with van der Waals surface area (Å²) in [6.07, 6.45) is 1.03. The number of aryl methyl sites for hydroxylation is 2. The van der Waals surface area contributed by atoms with Crippen LogP contribution in [0.1, 0.15) is 17.5 Å². The zero-order chi connectivity index (χ0) is 22.6. The third kappa shape index (κ3) is 3.18. The van der Waals surface area contributed by atoms with Crippen LogP contribution in [-0.2, 0) is 9.84 Å². The molecule has 1 saturated heterocycles. The predicted octanol–water partition coefficient (Wildman–Crippen LogP) is 1.82. The fourth-order valence-corrected chi connectivity index (χ4v) is 5.89. The largest absolute Gasteiger partial charge is 0.370 e. The van der Waals surface area contributed by atoms with Gasteiger partial charge in [0.1, 0.15) is 0 Å². The maximum atomic E-state index is 13.4. The Morgan fingerprint density at radius 2 is 1.97 bits per heavy atom. The van der Waals surface area contributed by atoms with Gasteiger partial charge in [-0.05, 0) is 57.1 Å². The molecule has 0 radical (unpaired) electrons. The maximum absolute atomic E-state index is 13.4. The molecule has 32 heavy (non-hydrogen) atoms. The monoisotopic (exact) mass is 452 g/mol. The molecule has 1 aliphatic heterocycles. The van der Waals surface area contributed by atoms with Gasteiger partial charge in [0.2, 0.25) is 14.9 Å². The number of fused-ring (bicyclic) bond motifs is 3. The molecule has 2 N–H and O–H groups in total. The van der Waals surface area contributed by atoms with E-state index < -0.39 is 9.84 Å². The summed E-state index contributed by atoms with van der Waals surface area (Å²) < 4.78 is 28.2. The van der Waals surface area contributed by atoms with Gasteiger partial charge >= 0.3 is 0 Å². The molecule has 2 aromatic carbocycles. The third-order valence-electron chi connectivity index (χ3n) is 6.16. The normalized spacial score (nSPS) is 17.0. The number of aromatic amines is 1. The Morgan fingerprint density at radius 1 is 1.16 bits per heavy atom. The first-order valence-electron chi connectivity index (χ1n) is 10.5. The Labute approximate surface area is 185 Å². The highest BCUT2D eigenvalue weighted by Gasteiger charge is 2.28. The lowest BCUT2D eigenvalue weighted by atomic mass is 10.2. The molecule has 0 aliphatic carbocycles. The second-order valence-corrected chi connectivity index (χ2v) is 10.1. The fraction of sp³-hybridized carbons (Fsp3) is 0.318. The van der Waals surface area contributed by atoms with Gasteiger partial charge in [0.05, 0.1) is 15.8 Å². The van der Waals surface area contributed by atoms with E-state index >= 15 is 0 Å². The zero-order valence-electron chi connectivity index (χ0n) is 18.1. The number of H-pyrrole nitrogens is 1. The van der Waals surface area contributed by atoms with Crippen LogP contribution in [0.2, 0.25) is 0 Å². The Balaban J connectivity index is 1.69. The summed E-state index contributed by atoms with van der Waals surface area (Å²) in [7, 11) is -2.03. The van der Waals surface area contributed by atoms with E-state index in [0.717, 1.165) is 30.8 Å². The molecule has 10 heteroatoms. The minimum absolute atomic E-state index is 0.0640. The standard InChI is InChI=1S/C22H24N6O3S/c1-13-4-7-19(14(2)10-13)32(30,31)22-20-24-21(29)17-6-5-16(11-18(17)28(20)26-25-22)27-9-8-15(12-27)23-3/h4-7,10-11,15,23H,8-9,12H2,1-3H3,(H,24,29). The van der Waals surface area contributed by atoms with E-state index in [1.54, 1.807) is 31.2 Å². The fourth-order valence-electron chi connectivity index (χ4n) is 4.42. The van der Waals surface area contributed by atoms with E-state index in [1.165, 1.54) is 4.52 Å². The Hall–Kier alpha value is -3.24. The molecule has 4 aromatic rings. The molecule has 166 valence electrons. The van der Waals surface area contributed by atoms with Crippen molar-refractivity contribution in [1.29, 1.82) is 0 Å². The SMILES string of the molecule is CNC1CCN(c2ccc3c(=O)[nH]c4c(S(=O)(=O)c5ccc(C)cc5C)nnn4c3c2)C1. The van der Waals surface area contributed by atoms with Crippen molar-refractivity contribution in [3.05, 3.63) is 57.9 Å². The lowest BCUT2D eigenvalue weighted by molar-refractivity contribution is 0.592. The number of sulfone groups is 1. The highest BCUT2D eigenvalue weighted by Crippen LogP contribution is 2.28. The van der Waals surface area contributed by atoms with Gasteiger partial charge in [0, 0.05) is 24.8 Å². The van der Waals surface area contributed by atoms with E-state index in [1.807, 2.05) is 26.1 Å². The van der Waals surface area contributed by atoms with Crippen molar-refractivity contribution in [2.75, 3.05) is 25.0 Å². The smallest absolute Gasteiger partial charge is 0.259 e. The van der Waals surface area contributed by atoms with Crippen molar-refractivity contribution in [3.8, 4) is 0 Å². The number of anilines is 1. The number of nitrogens with one attached hydrogen (secondary N) is 2. The van der Waals surface area contributed by atoms with Crippen LogP contribution >= 0.6 is 0 Å². The quantitative estimate of drug-likeness (QED) is 0.486. The number of hydrogen-bond acceptors (Lipinski definition) is 7. The minimum Gasteiger partial charge on any atom is -0.370 e. The van der Waals surface area contributed by atoms with E-state index in [4.69, 9.17) is 0 Å². The number of likely N-dealkylation sites (N-methyl/N-ethyl adjacent to an activating group) is 1. The van der Waals surface area contributed by atoms with Gasteiger partial charge in [0.25, 0.3) is 5.56 Å². The molecule has 3 heterocycles. The van der Waals surface area contributed by atoms with Crippen LogP contribution in [0.3, 0.4) is 0 Å². The number of aromatic nitrogens is 4. The molecule has 9 nitrogen and oxygen atoms in total. The van der Waals surface area contributed by atoms with Crippen molar-refractivity contribution in [1.82, 2.24) is 25.1 Å². The lowest BCUT2D eigenvalue weighted by Gasteiger charge is -2.19. The molecule has 0 saturated carbocycles. The van der Waals surface area contributed by atoms with E-state index in [0.29, 0.717) is 22.5 Å². The summed E-state index contributed by atoms with van der Waals surface area (Å²) in [5.74, 6) is 0. The minimum atomic E-state index is -3.97. The topological polar surface area (TPSA) is 112 Å². The molecule has 5 rings (SSSR count). The highest BCUT2D eigenvalue weighted by atomic mass is 32.2. The maximum Gasteiger partial charge on any atom is 0.259 e. The summed E-state index contributed by atoms with van der Waals surface area (Å²) in [6.45, 7) is 5.40. The second-order valence-electron chi connectivity index (χ2n) is 8.30. The summed E-state index contributed by atoms with van der Waals surface area (Å²) in [5.41, 5.74) is 2.73.